The summed E-state index contributed by atoms with van der Waals surface area (Å²) >= 11 is 0. The Morgan fingerprint density at radius 2 is 2.00 bits per heavy atom. The topological polar surface area (TPSA) is 73.8 Å². The predicted molar refractivity (Wildman–Crippen MR) is 66.3 cm³/mol. The van der Waals surface area contributed by atoms with E-state index in [1.807, 2.05) is 12.1 Å². The summed E-state index contributed by atoms with van der Waals surface area (Å²) in [5, 5.41) is 14.2. The van der Waals surface area contributed by atoms with E-state index < -0.39 is 4.92 Å². The summed E-state index contributed by atoms with van der Waals surface area (Å²) in [6, 6.07) is 8.13. The highest BCUT2D eigenvalue weighted by atomic mass is 16.6. The molecule has 0 aliphatic carbocycles. The van der Waals surface area contributed by atoms with Crippen LogP contribution in [0.2, 0.25) is 0 Å². The van der Waals surface area contributed by atoms with Crippen LogP contribution in [0.15, 0.2) is 30.6 Å². The summed E-state index contributed by atoms with van der Waals surface area (Å²) in [6.45, 7) is 4.75. The second-order valence-corrected chi connectivity index (χ2v) is 4.40. The Hall–Kier alpha value is -2.24. The van der Waals surface area contributed by atoms with Crippen LogP contribution in [0.1, 0.15) is 30.9 Å². The van der Waals surface area contributed by atoms with Crippen molar-refractivity contribution in [1.29, 1.82) is 0 Å². The molecule has 0 unspecified atom stereocenters. The maximum atomic E-state index is 10.5. The van der Waals surface area contributed by atoms with Crippen molar-refractivity contribution in [3.8, 4) is 0 Å². The molecule has 6 heteroatoms. The van der Waals surface area contributed by atoms with Crippen molar-refractivity contribution in [1.82, 2.24) is 14.8 Å². The molecule has 0 bridgehead atoms. The van der Waals surface area contributed by atoms with E-state index in [4.69, 9.17) is 0 Å². The van der Waals surface area contributed by atoms with Crippen LogP contribution in [0.3, 0.4) is 0 Å². The fourth-order valence-electron chi connectivity index (χ4n) is 1.64. The SMILES string of the molecule is CC(C)c1ccc(Cn2cnc([N+](=O)[O-])n2)cc1. The van der Waals surface area contributed by atoms with Crippen molar-refractivity contribution >= 4 is 5.95 Å². The number of hydrogen-bond donors (Lipinski definition) is 0. The molecule has 0 saturated carbocycles. The minimum Gasteiger partial charge on any atom is -0.390 e. The van der Waals surface area contributed by atoms with Gasteiger partial charge in [0.15, 0.2) is 0 Å². The zero-order valence-electron chi connectivity index (χ0n) is 10.3. The van der Waals surface area contributed by atoms with Crippen molar-refractivity contribution in [2.75, 3.05) is 0 Å². The zero-order valence-corrected chi connectivity index (χ0v) is 10.3. The van der Waals surface area contributed by atoms with E-state index in [0.717, 1.165) is 5.56 Å². The lowest BCUT2D eigenvalue weighted by Gasteiger charge is -2.05. The summed E-state index contributed by atoms with van der Waals surface area (Å²) in [6.07, 6.45) is 1.37. The van der Waals surface area contributed by atoms with Crippen LogP contribution < -0.4 is 0 Å². The van der Waals surface area contributed by atoms with Gasteiger partial charge in [-0.1, -0.05) is 43.1 Å². The van der Waals surface area contributed by atoms with E-state index in [1.165, 1.54) is 16.6 Å². The Kier molecular flexibility index (Phi) is 3.36. The number of rotatable bonds is 4. The summed E-state index contributed by atoms with van der Waals surface area (Å²) in [4.78, 5) is 13.5. The molecule has 94 valence electrons. The van der Waals surface area contributed by atoms with E-state index in [9.17, 15) is 10.1 Å². The third kappa shape index (κ3) is 2.71. The molecular formula is C12H14N4O2. The number of benzene rings is 1. The molecule has 0 aliphatic heterocycles. The predicted octanol–water partition coefficient (Wildman–Crippen LogP) is 2.36. The lowest BCUT2D eigenvalue weighted by molar-refractivity contribution is -0.394. The van der Waals surface area contributed by atoms with Gasteiger partial charge < -0.3 is 10.1 Å². The van der Waals surface area contributed by atoms with Crippen LogP contribution in [0.5, 0.6) is 0 Å². The molecule has 2 aromatic rings. The van der Waals surface area contributed by atoms with Crippen molar-refractivity contribution in [2.24, 2.45) is 0 Å². The van der Waals surface area contributed by atoms with Gasteiger partial charge in [-0.05, 0) is 22.0 Å². The molecule has 1 aromatic carbocycles. The quantitative estimate of drug-likeness (QED) is 0.613. The fraction of sp³-hybridized carbons (Fsp3) is 0.333. The van der Waals surface area contributed by atoms with Crippen molar-refractivity contribution in [2.45, 2.75) is 26.3 Å². The second kappa shape index (κ2) is 4.95. The van der Waals surface area contributed by atoms with Gasteiger partial charge >= 0.3 is 5.95 Å². The first-order valence-corrected chi connectivity index (χ1v) is 5.69. The van der Waals surface area contributed by atoms with E-state index in [1.54, 1.807) is 0 Å². The smallest absolute Gasteiger partial charge is 0.390 e. The van der Waals surface area contributed by atoms with E-state index >= 15 is 0 Å². The molecule has 0 amide bonds. The van der Waals surface area contributed by atoms with Gasteiger partial charge in [-0.25, -0.2) is 0 Å². The van der Waals surface area contributed by atoms with E-state index in [-0.39, 0.29) is 5.95 Å². The average molecular weight is 246 g/mol. The Morgan fingerprint density at radius 1 is 1.33 bits per heavy atom. The normalized spacial score (nSPS) is 10.8. The lowest BCUT2D eigenvalue weighted by Crippen LogP contribution is -2.01. The van der Waals surface area contributed by atoms with Gasteiger partial charge in [-0.2, -0.15) is 4.68 Å². The maximum Gasteiger partial charge on any atom is 0.490 e. The van der Waals surface area contributed by atoms with Crippen molar-refractivity contribution in [3.63, 3.8) is 0 Å². The standard InChI is InChI=1S/C12H14N4O2/c1-9(2)11-5-3-10(4-6-11)7-15-8-13-12(14-15)16(17)18/h3-6,8-9H,7H2,1-2H3. The van der Waals surface area contributed by atoms with Crippen molar-refractivity contribution in [3.05, 3.63) is 51.8 Å². The van der Waals surface area contributed by atoms with Crippen LogP contribution in [-0.4, -0.2) is 19.7 Å². The Morgan fingerprint density at radius 3 is 2.50 bits per heavy atom. The molecular weight excluding hydrogens is 232 g/mol. The number of hydrogen-bond acceptors (Lipinski definition) is 4. The summed E-state index contributed by atoms with van der Waals surface area (Å²) < 4.78 is 1.46. The second-order valence-electron chi connectivity index (χ2n) is 4.40. The Bertz CT molecular complexity index is 545. The Labute approximate surface area is 104 Å². The number of nitro groups is 1. The molecule has 0 radical (unpaired) electrons. The Balaban J connectivity index is 2.10. The maximum absolute atomic E-state index is 10.5. The van der Waals surface area contributed by atoms with Crippen LogP contribution in [0.25, 0.3) is 0 Å². The highest BCUT2D eigenvalue weighted by molar-refractivity contribution is 5.24. The van der Waals surface area contributed by atoms with Crippen LogP contribution in [0, 0.1) is 10.1 Å². The molecule has 1 aromatic heterocycles. The minimum atomic E-state index is -0.599. The molecule has 0 aliphatic rings. The first-order chi connectivity index (χ1) is 8.56. The van der Waals surface area contributed by atoms with Crippen LogP contribution in [0.4, 0.5) is 5.95 Å². The van der Waals surface area contributed by atoms with Crippen LogP contribution >= 0.6 is 0 Å². The molecule has 0 atom stereocenters. The fourth-order valence-corrected chi connectivity index (χ4v) is 1.64. The third-order valence-electron chi connectivity index (χ3n) is 2.68. The molecule has 0 saturated heterocycles. The van der Waals surface area contributed by atoms with E-state index in [2.05, 4.69) is 36.1 Å². The lowest BCUT2D eigenvalue weighted by atomic mass is 10.0. The highest BCUT2D eigenvalue weighted by Gasteiger charge is 2.12. The van der Waals surface area contributed by atoms with Gasteiger partial charge in [0.2, 0.25) is 6.33 Å². The molecule has 6 nitrogen and oxygen atoms in total. The van der Waals surface area contributed by atoms with Gasteiger partial charge in [0.25, 0.3) is 0 Å². The van der Waals surface area contributed by atoms with E-state index in [0.29, 0.717) is 12.5 Å². The van der Waals surface area contributed by atoms with Gasteiger partial charge in [-0.15, -0.1) is 0 Å². The molecule has 0 spiro atoms. The highest BCUT2D eigenvalue weighted by Crippen LogP contribution is 2.15. The van der Waals surface area contributed by atoms with Crippen molar-refractivity contribution < 1.29 is 4.92 Å². The van der Waals surface area contributed by atoms with Gasteiger partial charge in [-0.3, -0.25) is 0 Å². The largest absolute Gasteiger partial charge is 0.490 e. The minimum absolute atomic E-state index is 0.367. The molecule has 18 heavy (non-hydrogen) atoms. The monoisotopic (exact) mass is 246 g/mol. The molecule has 0 fully saturated rings. The summed E-state index contributed by atoms with van der Waals surface area (Å²) in [5.74, 6) is 0.125. The zero-order chi connectivity index (χ0) is 13.1. The molecule has 0 N–H and O–H groups in total. The van der Waals surface area contributed by atoms with Gasteiger partial charge in [0.1, 0.15) is 0 Å². The van der Waals surface area contributed by atoms with Gasteiger partial charge in [0.05, 0.1) is 6.54 Å². The first-order valence-electron chi connectivity index (χ1n) is 5.69. The summed E-state index contributed by atoms with van der Waals surface area (Å²) in [7, 11) is 0. The molecule has 2 rings (SSSR count). The average Bonchev–Trinajstić information content (AvgIpc) is 2.78. The third-order valence-corrected chi connectivity index (χ3v) is 2.68. The first kappa shape index (κ1) is 12.2. The number of aromatic nitrogens is 3. The number of nitrogens with zero attached hydrogens (tertiary/aromatic N) is 4. The molecule has 1 heterocycles. The van der Waals surface area contributed by atoms with Crippen LogP contribution in [-0.2, 0) is 6.54 Å². The van der Waals surface area contributed by atoms with Gasteiger partial charge in [0, 0.05) is 5.10 Å². The summed E-state index contributed by atoms with van der Waals surface area (Å²) in [5.41, 5.74) is 2.31.